The molecule has 0 N–H and O–H groups in total. The van der Waals surface area contributed by atoms with Gasteiger partial charge in [-0.05, 0) is 0 Å². The number of oxazole rings is 1. The van der Waals surface area contributed by atoms with Crippen molar-refractivity contribution in [3.05, 3.63) is 48.7 Å². The molecule has 3 nitrogen and oxygen atoms in total. The van der Waals surface area contributed by atoms with E-state index in [1.807, 2.05) is 0 Å². The van der Waals surface area contributed by atoms with Crippen molar-refractivity contribution in [1.82, 2.24) is 9.55 Å². The fourth-order valence-electron chi connectivity index (χ4n) is 4.17. The van der Waals surface area contributed by atoms with Crippen LogP contribution in [0.1, 0.15) is 39.0 Å². The Hall–Kier alpha value is -1.99. The van der Waals surface area contributed by atoms with E-state index in [1.165, 1.54) is 54.1 Å². The predicted molar refractivity (Wildman–Crippen MR) is 113 cm³/mol. The van der Waals surface area contributed by atoms with Gasteiger partial charge in [-0.1, -0.05) is 0 Å². The van der Waals surface area contributed by atoms with Crippen molar-refractivity contribution in [3.8, 4) is 11.1 Å². The molecule has 1 saturated carbocycles. The van der Waals surface area contributed by atoms with Crippen LogP contribution in [0.25, 0.3) is 33.1 Å². The van der Waals surface area contributed by atoms with Crippen LogP contribution in [0.3, 0.4) is 0 Å². The number of aromatic nitrogens is 2. The molecule has 0 atom stereocenters. The second-order valence-electron chi connectivity index (χ2n) is 7.48. The van der Waals surface area contributed by atoms with E-state index in [-0.39, 0.29) is 15.8 Å². The van der Waals surface area contributed by atoms with Gasteiger partial charge in [-0.25, -0.2) is 0 Å². The zero-order valence-electron chi connectivity index (χ0n) is 15.7. The Labute approximate surface area is 166 Å². The van der Waals surface area contributed by atoms with Gasteiger partial charge in [0.2, 0.25) is 0 Å². The summed E-state index contributed by atoms with van der Waals surface area (Å²) in [6, 6.07) is 15.3. The first-order chi connectivity index (χ1) is 13.3. The van der Waals surface area contributed by atoms with Gasteiger partial charge in [0.1, 0.15) is 0 Å². The third-order valence-corrected chi connectivity index (χ3v) is 8.40. The Kier molecular flexibility index (Phi) is 4.57. The van der Waals surface area contributed by atoms with E-state index in [1.54, 1.807) is 0 Å². The Morgan fingerprint density at radius 2 is 1.85 bits per heavy atom. The van der Waals surface area contributed by atoms with Crippen LogP contribution < -0.4 is 4.68 Å². The minimum absolute atomic E-state index is 0.0507. The fourth-order valence-corrected chi connectivity index (χ4v) is 6.80. The molecule has 0 saturated heterocycles. The Morgan fingerprint density at radius 1 is 1.04 bits per heavy atom. The second-order valence-corrected chi connectivity index (χ2v) is 10.4. The van der Waals surface area contributed by atoms with Crippen molar-refractivity contribution in [3.63, 3.8) is 0 Å². The van der Waals surface area contributed by atoms with Gasteiger partial charge in [-0.2, -0.15) is 0 Å². The molecule has 0 unspecified atom stereocenters. The fraction of sp³-hybridized carbons (Fsp3) is 0.348. The molecule has 137 valence electrons. The van der Waals surface area contributed by atoms with Crippen molar-refractivity contribution in [1.29, 1.82) is 0 Å². The Bertz CT molecular complexity index is 1090. The molecule has 0 bridgehead atoms. The molecule has 2 aromatic carbocycles. The van der Waals surface area contributed by atoms with Gasteiger partial charge in [0.25, 0.3) is 0 Å². The van der Waals surface area contributed by atoms with E-state index >= 15 is 0 Å². The van der Waals surface area contributed by atoms with E-state index in [0.29, 0.717) is 0 Å². The number of hydrogen-bond acceptors (Lipinski definition) is 2. The van der Waals surface area contributed by atoms with E-state index in [4.69, 9.17) is 9.40 Å². The zero-order valence-corrected chi connectivity index (χ0v) is 17.6. The molecule has 0 spiro atoms. The average molecular weight is 419 g/mol. The third-order valence-electron chi connectivity index (χ3n) is 5.69. The molecule has 0 amide bonds. The number of rotatable bonds is 4. The van der Waals surface area contributed by atoms with Crippen LogP contribution in [0.2, 0.25) is 4.71 Å². The number of fused-ring (bicyclic) bond motifs is 2. The van der Waals surface area contributed by atoms with Crippen LogP contribution in [0.5, 0.6) is 0 Å². The standard InChI is InChI=1S/C23H24AsN2O/c1-2-26-13-12-18-14-16(8-10-21(18)26)17-9-11-22-20(15-17)25-23(27-22)24-19-6-4-3-5-7-19/h8-15,19H,2-7H2,1H3. The summed E-state index contributed by atoms with van der Waals surface area (Å²) < 4.78 is 10.2. The number of aryl methyl sites for hydroxylation is 1. The van der Waals surface area contributed by atoms with Crippen LogP contribution in [-0.4, -0.2) is 25.3 Å². The summed E-state index contributed by atoms with van der Waals surface area (Å²) in [4.78, 5) is 4.84. The maximum atomic E-state index is 6.08. The summed E-state index contributed by atoms with van der Waals surface area (Å²) in [5, 5.41) is 1.29. The van der Waals surface area contributed by atoms with Gasteiger partial charge in [-0.3, -0.25) is 0 Å². The van der Waals surface area contributed by atoms with Crippen LogP contribution in [0, 0.1) is 0 Å². The zero-order chi connectivity index (χ0) is 18.2. The van der Waals surface area contributed by atoms with Gasteiger partial charge in [0.05, 0.1) is 0 Å². The summed E-state index contributed by atoms with van der Waals surface area (Å²) in [6.07, 6.45) is 9.05. The van der Waals surface area contributed by atoms with E-state index in [0.717, 1.165) is 27.0 Å². The first kappa shape index (κ1) is 17.1. The van der Waals surface area contributed by atoms with E-state index in [2.05, 4.69) is 60.2 Å². The molecule has 2 aromatic heterocycles. The number of benzene rings is 2. The van der Waals surface area contributed by atoms with Crippen molar-refractivity contribution in [2.75, 3.05) is 0 Å². The van der Waals surface area contributed by atoms with Gasteiger partial charge < -0.3 is 0 Å². The van der Waals surface area contributed by atoms with Crippen LogP contribution >= 0.6 is 0 Å². The van der Waals surface area contributed by atoms with Gasteiger partial charge in [0.15, 0.2) is 0 Å². The maximum absolute atomic E-state index is 6.08. The summed E-state index contributed by atoms with van der Waals surface area (Å²) in [5.41, 5.74) is 5.67. The summed E-state index contributed by atoms with van der Waals surface area (Å²) in [5.74, 6) is 0. The molecule has 2 heterocycles. The monoisotopic (exact) mass is 419 g/mol. The molecule has 5 rings (SSSR count). The Morgan fingerprint density at radius 3 is 2.70 bits per heavy atom. The van der Waals surface area contributed by atoms with Crippen molar-refractivity contribution in [2.24, 2.45) is 0 Å². The van der Waals surface area contributed by atoms with Gasteiger partial charge in [0, 0.05) is 0 Å². The third kappa shape index (κ3) is 3.34. The van der Waals surface area contributed by atoms with Crippen LogP contribution in [-0.2, 0) is 6.54 Å². The molecular formula is C23H24AsN2O. The summed E-state index contributed by atoms with van der Waals surface area (Å²) >= 11 is 0.0507. The van der Waals surface area contributed by atoms with E-state index < -0.39 is 0 Å². The van der Waals surface area contributed by atoms with Crippen molar-refractivity contribution >= 4 is 42.4 Å². The first-order valence-electron chi connectivity index (χ1n) is 10.0. The molecular weight excluding hydrogens is 395 g/mol. The number of nitrogens with zero attached hydrogens (tertiary/aromatic N) is 2. The minimum atomic E-state index is 0.0507. The average Bonchev–Trinajstić information content (AvgIpc) is 3.30. The van der Waals surface area contributed by atoms with E-state index in [9.17, 15) is 0 Å². The first-order valence-corrected chi connectivity index (χ1v) is 12.0. The molecule has 1 aliphatic carbocycles. The molecule has 1 radical (unpaired) electrons. The predicted octanol–water partition coefficient (Wildman–Crippen LogP) is 5.55. The second kappa shape index (κ2) is 7.20. The molecule has 4 heteroatoms. The number of hydrogen-bond donors (Lipinski definition) is 0. The summed E-state index contributed by atoms with van der Waals surface area (Å²) in [6.45, 7) is 3.18. The SMILES string of the molecule is CCn1ccc2cc(-c3ccc4oc([As]C5CCCCC5)nc4c3)ccc21. The molecule has 0 aliphatic heterocycles. The van der Waals surface area contributed by atoms with Crippen LogP contribution in [0.4, 0.5) is 0 Å². The quantitative estimate of drug-likeness (QED) is 0.406. The summed E-state index contributed by atoms with van der Waals surface area (Å²) in [7, 11) is 0. The van der Waals surface area contributed by atoms with Gasteiger partial charge in [-0.15, -0.1) is 0 Å². The molecule has 1 fully saturated rings. The van der Waals surface area contributed by atoms with Crippen molar-refractivity contribution < 1.29 is 4.42 Å². The molecule has 4 aromatic rings. The molecule has 27 heavy (non-hydrogen) atoms. The topological polar surface area (TPSA) is 31.0 Å². The normalized spacial score (nSPS) is 16.2. The Balaban J connectivity index is 1.45. The van der Waals surface area contributed by atoms with Crippen molar-refractivity contribution in [2.45, 2.75) is 50.3 Å². The van der Waals surface area contributed by atoms with Crippen LogP contribution in [0.15, 0.2) is 53.1 Å². The van der Waals surface area contributed by atoms with Gasteiger partial charge >= 0.3 is 166 Å². The molecule has 1 aliphatic rings.